The summed E-state index contributed by atoms with van der Waals surface area (Å²) in [6.45, 7) is 1.54. The Hall–Kier alpha value is -0.610. The van der Waals surface area contributed by atoms with Crippen LogP contribution >= 0.6 is 0 Å². The Morgan fingerprint density at radius 3 is 2.50 bits per heavy atom. The molecular weight excluding hydrogens is 180 g/mol. The van der Waals surface area contributed by atoms with E-state index in [0.29, 0.717) is 24.9 Å². The number of hydrogen-bond donors (Lipinski definition) is 3. The lowest BCUT2D eigenvalue weighted by Crippen LogP contribution is -2.36. The van der Waals surface area contributed by atoms with Gasteiger partial charge in [0.05, 0.1) is 0 Å². The second-order valence-corrected chi connectivity index (χ2v) is 4.06. The minimum atomic E-state index is -0.664. The van der Waals surface area contributed by atoms with Gasteiger partial charge in [-0.15, -0.1) is 0 Å². The Labute approximate surface area is 84.9 Å². The fraction of sp³-hybridized carbons (Fsp3) is 0.900. The van der Waals surface area contributed by atoms with Gasteiger partial charge >= 0.3 is 5.97 Å². The second-order valence-electron chi connectivity index (χ2n) is 4.06. The summed E-state index contributed by atoms with van der Waals surface area (Å²) in [6, 6.07) is 0.559. The van der Waals surface area contributed by atoms with Crippen LogP contribution in [0.5, 0.6) is 0 Å². The van der Waals surface area contributed by atoms with Crippen molar-refractivity contribution < 1.29 is 9.90 Å². The highest BCUT2D eigenvalue weighted by Crippen LogP contribution is 2.26. The Kier molecular flexibility index (Phi) is 4.90. The van der Waals surface area contributed by atoms with Crippen LogP contribution < -0.4 is 11.1 Å². The molecule has 0 atom stereocenters. The van der Waals surface area contributed by atoms with Gasteiger partial charge in [0, 0.05) is 25.6 Å². The molecular formula is C10H20N2O2. The fourth-order valence-electron chi connectivity index (χ4n) is 2.11. The van der Waals surface area contributed by atoms with Crippen LogP contribution in [0.15, 0.2) is 0 Å². The van der Waals surface area contributed by atoms with Gasteiger partial charge in [-0.25, -0.2) is 0 Å². The lowest BCUT2D eigenvalue weighted by atomic mass is 9.84. The van der Waals surface area contributed by atoms with E-state index in [1.54, 1.807) is 0 Å². The van der Waals surface area contributed by atoms with Crippen LogP contribution in [0, 0.1) is 5.92 Å². The molecule has 0 unspecified atom stereocenters. The zero-order chi connectivity index (χ0) is 10.4. The molecule has 1 aliphatic rings. The van der Waals surface area contributed by atoms with Crippen molar-refractivity contribution in [1.82, 2.24) is 5.32 Å². The molecule has 1 saturated carbocycles. The number of carbonyl (C=O) groups is 1. The molecule has 0 aromatic rings. The molecule has 0 amide bonds. The minimum absolute atomic E-state index is 0.337. The summed E-state index contributed by atoms with van der Waals surface area (Å²) in [5.74, 6) is -0.271. The molecule has 0 aliphatic heterocycles. The van der Waals surface area contributed by atoms with Crippen molar-refractivity contribution in [3.8, 4) is 0 Å². The van der Waals surface area contributed by atoms with E-state index >= 15 is 0 Å². The third kappa shape index (κ3) is 4.07. The van der Waals surface area contributed by atoms with Gasteiger partial charge in [0.15, 0.2) is 0 Å². The standard InChI is InChI=1S/C10H20N2O2/c11-5-6-12-9-3-1-8(2-4-9)7-10(13)14/h8-9,12H,1-7,11H2,(H,13,14). The van der Waals surface area contributed by atoms with E-state index in [9.17, 15) is 4.79 Å². The Morgan fingerprint density at radius 2 is 2.00 bits per heavy atom. The average molecular weight is 200 g/mol. The Morgan fingerprint density at radius 1 is 1.36 bits per heavy atom. The lowest BCUT2D eigenvalue weighted by Gasteiger charge is -2.28. The molecule has 0 heterocycles. The molecule has 1 rings (SSSR count). The number of carboxylic acids is 1. The summed E-state index contributed by atoms with van der Waals surface area (Å²) in [4.78, 5) is 10.5. The topological polar surface area (TPSA) is 75.3 Å². The molecule has 4 N–H and O–H groups in total. The van der Waals surface area contributed by atoms with Crippen molar-refractivity contribution in [2.75, 3.05) is 13.1 Å². The van der Waals surface area contributed by atoms with E-state index < -0.39 is 5.97 Å². The smallest absolute Gasteiger partial charge is 0.303 e. The van der Waals surface area contributed by atoms with Crippen molar-refractivity contribution in [3.05, 3.63) is 0 Å². The normalized spacial score (nSPS) is 27.5. The second kappa shape index (κ2) is 5.98. The van der Waals surface area contributed by atoms with E-state index in [2.05, 4.69) is 5.32 Å². The third-order valence-electron chi connectivity index (χ3n) is 2.89. The highest BCUT2D eigenvalue weighted by atomic mass is 16.4. The summed E-state index contributed by atoms with van der Waals surface area (Å²) in [5, 5.41) is 12.0. The maximum Gasteiger partial charge on any atom is 0.303 e. The quantitative estimate of drug-likeness (QED) is 0.606. The summed E-state index contributed by atoms with van der Waals surface area (Å²) in [7, 11) is 0. The monoisotopic (exact) mass is 200 g/mol. The highest BCUT2D eigenvalue weighted by molar-refractivity contribution is 5.67. The number of hydrogen-bond acceptors (Lipinski definition) is 3. The molecule has 0 spiro atoms. The van der Waals surface area contributed by atoms with Crippen LogP contribution in [-0.2, 0) is 4.79 Å². The predicted molar refractivity (Wildman–Crippen MR) is 55.1 cm³/mol. The van der Waals surface area contributed by atoms with Crippen LogP contribution in [0.1, 0.15) is 32.1 Å². The van der Waals surface area contributed by atoms with Crippen LogP contribution in [0.2, 0.25) is 0 Å². The van der Waals surface area contributed by atoms with Crippen LogP contribution in [0.3, 0.4) is 0 Å². The average Bonchev–Trinajstić information content (AvgIpc) is 2.16. The van der Waals surface area contributed by atoms with Gasteiger partial charge in [0.2, 0.25) is 0 Å². The molecule has 1 aliphatic carbocycles. The first kappa shape index (κ1) is 11.5. The SMILES string of the molecule is NCCNC1CCC(CC(=O)O)CC1. The van der Waals surface area contributed by atoms with Gasteiger partial charge in [0.25, 0.3) is 0 Å². The molecule has 0 radical (unpaired) electrons. The van der Waals surface area contributed by atoms with Gasteiger partial charge < -0.3 is 16.2 Å². The van der Waals surface area contributed by atoms with Gasteiger partial charge in [-0.3, -0.25) is 4.79 Å². The molecule has 4 nitrogen and oxygen atoms in total. The first-order valence-corrected chi connectivity index (χ1v) is 5.37. The van der Waals surface area contributed by atoms with Crippen LogP contribution in [0.25, 0.3) is 0 Å². The minimum Gasteiger partial charge on any atom is -0.481 e. The molecule has 4 heteroatoms. The summed E-state index contributed by atoms with van der Waals surface area (Å²) in [6.07, 6.45) is 4.60. The van der Waals surface area contributed by atoms with E-state index in [-0.39, 0.29) is 0 Å². The van der Waals surface area contributed by atoms with Crippen molar-refractivity contribution in [2.24, 2.45) is 11.7 Å². The zero-order valence-corrected chi connectivity index (χ0v) is 8.54. The Bertz CT molecular complexity index is 177. The first-order chi connectivity index (χ1) is 6.72. The van der Waals surface area contributed by atoms with Crippen molar-refractivity contribution in [1.29, 1.82) is 0 Å². The molecule has 0 aromatic carbocycles. The number of nitrogens with one attached hydrogen (secondary N) is 1. The first-order valence-electron chi connectivity index (χ1n) is 5.37. The highest BCUT2D eigenvalue weighted by Gasteiger charge is 2.22. The van der Waals surface area contributed by atoms with Gasteiger partial charge in [-0.1, -0.05) is 0 Å². The van der Waals surface area contributed by atoms with Crippen LogP contribution in [0.4, 0.5) is 0 Å². The largest absolute Gasteiger partial charge is 0.481 e. The third-order valence-corrected chi connectivity index (χ3v) is 2.89. The van der Waals surface area contributed by atoms with E-state index in [0.717, 1.165) is 32.2 Å². The summed E-state index contributed by atoms with van der Waals surface area (Å²) in [5.41, 5.74) is 5.40. The van der Waals surface area contributed by atoms with Gasteiger partial charge in [-0.05, 0) is 31.6 Å². The number of nitrogens with two attached hydrogens (primary N) is 1. The molecule has 0 saturated heterocycles. The maximum atomic E-state index is 10.5. The van der Waals surface area contributed by atoms with E-state index in [1.807, 2.05) is 0 Å². The molecule has 1 fully saturated rings. The molecule has 14 heavy (non-hydrogen) atoms. The molecule has 0 bridgehead atoms. The number of aliphatic carboxylic acids is 1. The van der Waals surface area contributed by atoms with Gasteiger partial charge in [-0.2, -0.15) is 0 Å². The Balaban J connectivity index is 2.14. The predicted octanol–water partition coefficient (Wildman–Crippen LogP) is 0.568. The van der Waals surface area contributed by atoms with Crippen LogP contribution in [-0.4, -0.2) is 30.2 Å². The van der Waals surface area contributed by atoms with Gasteiger partial charge in [0.1, 0.15) is 0 Å². The lowest BCUT2D eigenvalue weighted by molar-refractivity contribution is -0.138. The fourth-order valence-corrected chi connectivity index (χ4v) is 2.11. The molecule has 82 valence electrons. The summed E-state index contributed by atoms with van der Waals surface area (Å²) >= 11 is 0. The maximum absolute atomic E-state index is 10.5. The molecule has 0 aromatic heterocycles. The number of rotatable bonds is 5. The van der Waals surface area contributed by atoms with E-state index in [1.165, 1.54) is 0 Å². The summed E-state index contributed by atoms with van der Waals surface area (Å²) < 4.78 is 0. The van der Waals surface area contributed by atoms with Crippen molar-refractivity contribution in [2.45, 2.75) is 38.1 Å². The van der Waals surface area contributed by atoms with E-state index in [4.69, 9.17) is 10.8 Å². The number of carboxylic acid groups (broad SMARTS) is 1. The van der Waals surface area contributed by atoms with Crippen molar-refractivity contribution >= 4 is 5.97 Å². The zero-order valence-electron chi connectivity index (χ0n) is 8.54. The van der Waals surface area contributed by atoms with Crippen molar-refractivity contribution in [3.63, 3.8) is 0 Å².